The fraction of sp³-hybridized carbons (Fsp3) is 0.350. The van der Waals surface area contributed by atoms with E-state index in [4.69, 9.17) is 4.74 Å². The second kappa shape index (κ2) is 8.37. The number of hydrogen-bond acceptors (Lipinski definition) is 2. The fourth-order valence-electron chi connectivity index (χ4n) is 2.65. The van der Waals surface area contributed by atoms with Crippen LogP contribution in [-0.4, -0.2) is 13.0 Å². The summed E-state index contributed by atoms with van der Waals surface area (Å²) >= 11 is 0. The van der Waals surface area contributed by atoms with Crippen molar-refractivity contribution < 1.29 is 9.53 Å². The molecular weight excluding hydrogens is 286 g/mol. The van der Waals surface area contributed by atoms with Gasteiger partial charge in [-0.05, 0) is 29.7 Å². The molecule has 2 unspecified atom stereocenters. The number of rotatable bonds is 7. The second-order valence-corrected chi connectivity index (χ2v) is 5.82. The molecule has 1 N–H and O–H groups in total. The zero-order chi connectivity index (χ0) is 16.7. The van der Waals surface area contributed by atoms with Crippen molar-refractivity contribution in [2.45, 2.75) is 32.7 Å². The van der Waals surface area contributed by atoms with Gasteiger partial charge in [-0.1, -0.05) is 62.7 Å². The van der Waals surface area contributed by atoms with Crippen molar-refractivity contribution in [2.75, 3.05) is 7.11 Å². The molecule has 0 aliphatic heterocycles. The molecule has 1 amide bonds. The molecule has 23 heavy (non-hydrogen) atoms. The number of hydrogen-bond donors (Lipinski definition) is 1. The van der Waals surface area contributed by atoms with Gasteiger partial charge >= 0.3 is 0 Å². The Morgan fingerprint density at radius 1 is 1.04 bits per heavy atom. The Kier molecular flexibility index (Phi) is 6.21. The lowest BCUT2D eigenvalue weighted by Crippen LogP contribution is -2.33. The van der Waals surface area contributed by atoms with Crippen LogP contribution < -0.4 is 10.1 Å². The third kappa shape index (κ3) is 4.59. The first-order valence-corrected chi connectivity index (χ1v) is 8.15. The van der Waals surface area contributed by atoms with E-state index in [1.54, 1.807) is 7.11 Å². The van der Waals surface area contributed by atoms with Crippen molar-refractivity contribution in [3.8, 4) is 5.75 Å². The average Bonchev–Trinajstić information content (AvgIpc) is 2.60. The molecular formula is C20H25NO2. The van der Waals surface area contributed by atoms with E-state index >= 15 is 0 Å². The molecule has 0 aliphatic rings. The van der Waals surface area contributed by atoms with Crippen LogP contribution in [0.2, 0.25) is 0 Å². The normalized spacial score (nSPS) is 13.2. The number of nitrogens with one attached hydrogen (secondary N) is 1. The zero-order valence-electron chi connectivity index (χ0n) is 14.1. The molecule has 0 fully saturated rings. The number of ether oxygens (including phenoxy) is 1. The summed E-state index contributed by atoms with van der Waals surface area (Å²) in [4.78, 5) is 12.5. The molecule has 3 nitrogen and oxygen atoms in total. The Morgan fingerprint density at radius 3 is 2.22 bits per heavy atom. The number of carbonyl (C=O) groups is 1. The van der Waals surface area contributed by atoms with E-state index in [0.717, 1.165) is 29.7 Å². The SMILES string of the molecule is CCCC(C)C(=O)NC(c1ccccc1)c1ccc(OC)cc1. The number of methoxy groups -OCH3 is 1. The van der Waals surface area contributed by atoms with Gasteiger partial charge in [-0.2, -0.15) is 0 Å². The Morgan fingerprint density at radius 2 is 1.65 bits per heavy atom. The van der Waals surface area contributed by atoms with E-state index in [0.29, 0.717) is 0 Å². The summed E-state index contributed by atoms with van der Waals surface area (Å²) < 4.78 is 5.22. The van der Waals surface area contributed by atoms with Gasteiger partial charge < -0.3 is 10.1 Å². The molecule has 2 aromatic rings. The highest BCUT2D eigenvalue weighted by atomic mass is 16.5. The number of benzene rings is 2. The third-order valence-corrected chi connectivity index (χ3v) is 4.04. The van der Waals surface area contributed by atoms with Crippen molar-refractivity contribution in [3.63, 3.8) is 0 Å². The highest BCUT2D eigenvalue weighted by molar-refractivity contribution is 5.79. The van der Waals surface area contributed by atoms with Crippen LogP contribution in [-0.2, 0) is 4.79 Å². The van der Waals surface area contributed by atoms with Crippen molar-refractivity contribution >= 4 is 5.91 Å². The van der Waals surface area contributed by atoms with Crippen LogP contribution in [0.4, 0.5) is 0 Å². The molecule has 0 spiro atoms. The smallest absolute Gasteiger partial charge is 0.223 e. The van der Waals surface area contributed by atoms with Crippen molar-refractivity contribution in [1.82, 2.24) is 5.32 Å². The number of carbonyl (C=O) groups excluding carboxylic acids is 1. The average molecular weight is 311 g/mol. The molecule has 3 heteroatoms. The quantitative estimate of drug-likeness (QED) is 0.826. The monoisotopic (exact) mass is 311 g/mol. The third-order valence-electron chi connectivity index (χ3n) is 4.04. The van der Waals surface area contributed by atoms with Crippen LogP contribution >= 0.6 is 0 Å². The summed E-state index contributed by atoms with van der Waals surface area (Å²) in [6.07, 6.45) is 1.91. The first-order chi connectivity index (χ1) is 11.2. The highest BCUT2D eigenvalue weighted by Gasteiger charge is 2.20. The fourth-order valence-corrected chi connectivity index (χ4v) is 2.65. The van der Waals surface area contributed by atoms with Crippen LogP contribution in [0.1, 0.15) is 43.9 Å². The summed E-state index contributed by atoms with van der Waals surface area (Å²) in [7, 11) is 1.65. The molecule has 122 valence electrons. The Labute approximate surface area is 138 Å². The minimum atomic E-state index is -0.145. The van der Waals surface area contributed by atoms with Crippen LogP contribution in [0.3, 0.4) is 0 Å². The second-order valence-electron chi connectivity index (χ2n) is 5.82. The van der Waals surface area contributed by atoms with Gasteiger partial charge in [0.05, 0.1) is 13.2 Å². The van der Waals surface area contributed by atoms with Crippen LogP contribution in [0.5, 0.6) is 5.75 Å². The lowest BCUT2D eigenvalue weighted by molar-refractivity contribution is -0.125. The maximum absolute atomic E-state index is 12.5. The Balaban J connectivity index is 2.26. The Hall–Kier alpha value is -2.29. The minimum absolute atomic E-state index is 0.0180. The van der Waals surface area contributed by atoms with Crippen molar-refractivity contribution in [3.05, 3.63) is 65.7 Å². The molecule has 0 bridgehead atoms. The Bertz CT molecular complexity index is 607. The summed E-state index contributed by atoms with van der Waals surface area (Å²) in [5.41, 5.74) is 2.13. The first-order valence-electron chi connectivity index (χ1n) is 8.15. The van der Waals surface area contributed by atoms with Crippen molar-refractivity contribution in [1.29, 1.82) is 0 Å². The van der Waals surface area contributed by atoms with Gasteiger partial charge in [0.15, 0.2) is 0 Å². The maximum Gasteiger partial charge on any atom is 0.223 e. The van der Waals surface area contributed by atoms with Crippen LogP contribution in [0.25, 0.3) is 0 Å². The van der Waals surface area contributed by atoms with Gasteiger partial charge in [0.25, 0.3) is 0 Å². The molecule has 0 aliphatic carbocycles. The molecule has 2 atom stereocenters. The summed E-state index contributed by atoms with van der Waals surface area (Å²) in [5, 5.41) is 3.19. The summed E-state index contributed by atoms with van der Waals surface area (Å²) in [5.74, 6) is 0.923. The predicted octanol–water partition coefficient (Wildman–Crippen LogP) is 4.34. The van der Waals surface area contributed by atoms with Gasteiger partial charge in [-0.25, -0.2) is 0 Å². The van der Waals surface area contributed by atoms with Crippen molar-refractivity contribution in [2.24, 2.45) is 5.92 Å². The first kappa shape index (κ1) is 17.1. The van der Waals surface area contributed by atoms with E-state index < -0.39 is 0 Å². The minimum Gasteiger partial charge on any atom is -0.497 e. The lowest BCUT2D eigenvalue weighted by Gasteiger charge is -2.22. The lowest BCUT2D eigenvalue weighted by atomic mass is 9.97. The van der Waals surface area contributed by atoms with E-state index in [9.17, 15) is 4.79 Å². The molecule has 0 saturated heterocycles. The standard InChI is InChI=1S/C20H25NO2/c1-4-8-15(2)20(22)21-19(16-9-6-5-7-10-16)17-11-13-18(23-3)14-12-17/h5-7,9-15,19H,4,8H2,1-3H3,(H,21,22). The maximum atomic E-state index is 12.5. The zero-order valence-corrected chi connectivity index (χ0v) is 14.1. The topological polar surface area (TPSA) is 38.3 Å². The summed E-state index contributed by atoms with van der Waals surface area (Å²) in [6, 6.07) is 17.8. The van der Waals surface area contributed by atoms with Gasteiger partial charge in [-0.15, -0.1) is 0 Å². The van der Waals surface area contributed by atoms with Gasteiger partial charge in [-0.3, -0.25) is 4.79 Å². The van der Waals surface area contributed by atoms with E-state index in [1.807, 2.05) is 61.5 Å². The van der Waals surface area contributed by atoms with Gasteiger partial charge in [0.2, 0.25) is 5.91 Å². The molecule has 0 heterocycles. The van der Waals surface area contributed by atoms with Crippen LogP contribution in [0, 0.1) is 5.92 Å². The molecule has 2 aromatic carbocycles. The van der Waals surface area contributed by atoms with E-state index in [-0.39, 0.29) is 17.9 Å². The van der Waals surface area contributed by atoms with E-state index in [2.05, 4.69) is 12.2 Å². The molecule has 0 aromatic heterocycles. The molecule has 0 saturated carbocycles. The highest BCUT2D eigenvalue weighted by Crippen LogP contribution is 2.24. The number of amides is 1. The van der Waals surface area contributed by atoms with Gasteiger partial charge in [0, 0.05) is 5.92 Å². The molecule has 0 radical (unpaired) electrons. The molecule has 2 rings (SSSR count). The largest absolute Gasteiger partial charge is 0.497 e. The van der Waals surface area contributed by atoms with Crippen LogP contribution in [0.15, 0.2) is 54.6 Å². The summed E-state index contributed by atoms with van der Waals surface area (Å²) in [6.45, 7) is 4.08. The van der Waals surface area contributed by atoms with E-state index in [1.165, 1.54) is 0 Å². The van der Waals surface area contributed by atoms with Gasteiger partial charge in [0.1, 0.15) is 5.75 Å². The predicted molar refractivity (Wildman–Crippen MR) is 93.5 cm³/mol.